The van der Waals surface area contributed by atoms with Gasteiger partial charge in [-0.05, 0) is 56.3 Å². The Bertz CT molecular complexity index is 1900. The van der Waals surface area contributed by atoms with Crippen LogP contribution in [-0.4, -0.2) is 9.97 Å². The fourth-order valence-electron chi connectivity index (χ4n) is 6.36. The van der Waals surface area contributed by atoms with Gasteiger partial charge in [-0.3, -0.25) is 0 Å². The Morgan fingerprint density at radius 3 is 1.93 bits per heavy atom. The number of rotatable bonds is 3. The fourth-order valence-corrected chi connectivity index (χ4v) is 6.36. The van der Waals surface area contributed by atoms with Gasteiger partial charge in [-0.25, -0.2) is 9.97 Å². The molecule has 1 heterocycles. The van der Waals surface area contributed by atoms with E-state index >= 15 is 0 Å². The third-order valence-electron chi connectivity index (χ3n) is 9.26. The van der Waals surface area contributed by atoms with E-state index in [-0.39, 0.29) is 10.8 Å². The van der Waals surface area contributed by atoms with Gasteiger partial charge in [-0.15, -0.1) is 0 Å². The molecule has 40 heavy (non-hydrogen) atoms. The summed E-state index contributed by atoms with van der Waals surface area (Å²) in [5, 5.41) is 1.06. The summed E-state index contributed by atoms with van der Waals surface area (Å²) in [5.74, 6) is 0.765. The van der Waals surface area contributed by atoms with Gasteiger partial charge in [0, 0.05) is 16.5 Å². The van der Waals surface area contributed by atoms with Crippen molar-refractivity contribution in [1.82, 2.24) is 9.97 Å². The molecule has 2 heteroatoms. The van der Waals surface area contributed by atoms with Crippen LogP contribution in [0.5, 0.6) is 0 Å². The van der Waals surface area contributed by atoms with E-state index < -0.39 is 0 Å². The number of benzene rings is 5. The standard InChI is InChI=1S/C38H32N2/c1-37(2)31-21-10-8-18-28(31)34-30(20-13-22-32(34)38(37,3)4)36-39-33-23-11-9-19-29(33)35(40-36)27-17-12-16-26(24-27)25-14-6-5-7-15-25/h5-24H,1-4H3. The molecule has 5 aromatic carbocycles. The molecule has 0 spiro atoms. The lowest BCUT2D eigenvalue weighted by atomic mass is 9.55. The first-order valence-corrected chi connectivity index (χ1v) is 14.0. The van der Waals surface area contributed by atoms with Crippen LogP contribution in [0, 0.1) is 0 Å². The number of aromatic nitrogens is 2. The minimum absolute atomic E-state index is 0.0253. The molecular weight excluding hydrogens is 484 g/mol. The second-order valence-electron chi connectivity index (χ2n) is 11.9. The molecular formula is C38H32N2. The van der Waals surface area contributed by atoms with Crippen molar-refractivity contribution in [2.45, 2.75) is 38.5 Å². The van der Waals surface area contributed by atoms with E-state index in [4.69, 9.17) is 9.97 Å². The van der Waals surface area contributed by atoms with Crippen molar-refractivity contribution in [2.75, 3.05) is 0 Å². The van der Waals surface area contributed by atoms with Crippen LogP contribution >= 0.6 is 0 Å². The normalized spacial score (nSPS) is 14.9. The molecule has 0 saturated heterocycles. The van der Waals surface area contributed by atoms with Gasteiger partial charge >= 0.3 is 0 Å². The van der Waals surface area contributed by atoms with Crippen molar-refractivity contribution in [1.29, 1.82) is 0 Å². The van der Waals surface area contributed by atoms with Crippen LogP contribution in [0.1, 0.15) is 38.8 Å². The van der Waals surface area contributed by atoms with Crippen LogP contribution in [0.2, 0.25) is 0 Å². The highest BCUT2D eigenvalue weighted by atomic mass is 14.9. The minimum Gasteiger partial charge on any atom is -0.228 e. The summed E-state index contributed by atoms with van der Waals surface area (Å²) in [4.78, 5) is 10.5. The van der Waals surface area contributed by atoms with Crippen molar-refractivity contribution in [2.24, 2.45) is 0 Å². The number of para-hydroxylation sites is 1. The van der Waals surface area contributed by atoms with E-state index in [1.807, 2.05) is 0 Å². The molecule has 194 valence electrons. The third kappa shape index (κ3) is 3.63. The summed E-state index contributed by atoms with van der Waals surface area (Å²) in [6, 6.07) is 43.1. The topological polar surface area (TPSA) is 25.8 Å². The molecule has 1 aliphatic rings. The summed E-state index contributed by atoms with van der Waals surface area (Å²) in [6.07, 6.45) is 0. The Morgan fingerprint density at radius 2 is 1.07 bits per heavy atom. The predicted octanol–water partition coefficient (Wildman–Crippen LogP) is 9.87. The second kappa shape index (κ2) is 8.99. The number of hydrogen-bond donors (Lipinski definition) is 0. The molecule has 0 amide bonds. The Balaban J connectivity index is 1.49. The van der Waals surface area contributed by atoms with E-state index in [0.29, 0.717) is 0 Å². The Kier molecular flexibility index (Phi) is 5.50. The summed E-state index contributed by atoms with van der Waals surface area (Å²) < 4.78 is 0. The molecule has 6 aromatic rings. The van der Waals surface area contributed by atoms with Crippen LogP contribution < -0.4 is 0 Å². The van der Waals surface area contributed by atoms with E-state index in [1.54, 1.807) is 0 Å². The molecule has 2 nitrogen and oxygen atoms in total. The highest BCUT2D eigenvalue weighted by Gasteiger charge is 2.46. The average Bonchev–Trinajstić information content (AvgIpc) is 3.00. The number of hydrogen-bond acceptors (Lipinski definition) is 2. The number of fused-ring (bicyclic) bond motifs is 4. The summed E-state index contributed by atoms with van der Waals surface area (Å²) in [6.45, 7) is 9.47. The molecule has 0 radical (unpaired) electrons. The molecule has 0 fully saturated rings. The third-order valence-corrected chi connectivity index (χ3v) is 9.26. The highest BCUT2D eigenvalue weighted by Crippen LogP contribution is 2.55. The lowest BCUT2D eigenvalue weighted by molar-refractivity contribution is 0.299. The van der Waals surface area contributed by atoms with Gasteiger partial charge in [0.1, 0.15) is 0 Å². The first-order chi connectivity index (χ1) is 19.4. The minimum atomic E-state index is -0.0730. The van der Waals surface area contributed by atoms with Crippen LogP contribution in [-0.2, 0) is 10.8 Å². The maximum absolute atomic E-state index is 5.33. The van der Waals surface area contributed by atoms with Gasteiger partial charge < -0.3 is 0 Å². The van der Waals surface area contributed by atoms with Gasteiger partial charge in [0.25, 0.3) is 0 Å². The Labute approximate surface area is 236 Å². The second-order valence-corrected chi connectivity index (χ2v) is 11.9. The SMILES string of the molecule is CC1(C)c2ccccc2-c2c(-c3nc(-c4cccc(-c5ccccc5)c4)c4ccccc4n3)cccc2C1(C)C. The van der Waals surface area contributed by atoms with Crippen LogP contribution in [0.3, 0.4) is 0 Å². The van der Waals surface area contributed by atoms with E-state index in [1.165, 1.54) is 33.4 Å². The van der Waals surface area contributed by atoms with Crippen LogP contribution in [0.15, 0.2) is 121 Å². The highest BCUT2D eigenvalue weighted by molar-refractivity contribution is 5.96. The summed E-state index contributed by atoms with van der Waals surface area (Å²) in [7, 11) is 0. The van der Waals surface area contributed by atoms with Crippen molar-refractivity contribution in [3.8, 4) is 44.9 Å². The van der Waals surface area contributed by atoms with Crippen LogP contribution in [0.25, 0.3) is 55.8 Å². The maximum Gasteiger partial charge on any atom is 0.161 e. The zero-order valence-corrected chi connectivity index (χ0v) is 23.4. The van der Waals surface area contributed by atoms with Gasteiger partial charge in [0.05, 0.1) is 11.2 Å². The molecule has 0 atom stereocenters. The smallest absolute Gasteiger partial charge is 0.161 e. The molecule has 1 aliphatic carbocycles. The molecule has 0 bridgehead atoms. The largest absolute Gasteiger partial charge is 0.228 e. The van der Waals surface area contributed by atoms with E-state index in [2.05, 4.69) is 149 Å². The lowest BCUT2D eigenvalue weighted by Gasteiger charge is -2.48. The van der Waals surface area contributed by atoms with E-state index in [0.717, 1.165) is 33.5 Å². The average molecular weight is 517 g/mol. The number of nitrogens with zero attached hydrogens (tertiary/aromatic N) is 2. The maximum atomic E-state index is 5.33. The zero-order chi connectivity index (χ0) is 27.5. The molecule has 0 N–H and O–H groups in total. The first kappa shape index (κ1) is 24.5. The molecule has 0 unspecified atom stereocenters. The Morgan fingerprint density at radius 1 is 0.475 bits per heavy atom. The zero-order valence-electron chi connectivity index (χ0n) is 23.4. The molecule has 0 aliphatic heterocycles. The van der Waals surface area contributed by atoms with Crippen molar-refractivity contribution in [3.63, 3.8) is 0 Å². The monoisotopic (exact) mass is 516 g/mol. The van der Waals surface area contributed by atoms with Crippen molar-refractivity contribution < 1.29 is 0 Å². The summed E-state index contributed by atoms with van der Waals surface area (Å²) >= 11 is 0. The summed E-state index contributed by atoms with van der Waals surface area (Å²) in [5.41, 5.74) is 11.6. The van der Waals surface area contributed by atoms with Gasteiger partial charge in [-0.1, -0.05) is 137 Å². The predicted molar refractivity (Wildman–Crippen MR) is 167 cm³/mol. The quantitative estimate of drug-likeness (QED) is 0.234. The van der Waals surface area contributed by atoms with Crippen LogP contribution in [0.4, 0.5) is 0 Å². The van der Waals surface area contributed by atoms with Gasteiger partial charge in [0.15, 0.2) is 5.82 Å². The Hall–Kier alpha value is -4.56. The van der Waals surface area contributed by atoms with Gasteiger partial charge in [-0.2, -0.15) is 0 Å². The van der Waals surface area contributed by atoms with Crippen molar-refractivity contribution >= 4 is 10.9 Å². The molecule has 7 rings (SSSR count). The van der Waals surface area contributed by atoms with Crippen molar-refractivity contribution in [3.05, 3.63) is 132 Å². The first-order valence-electron chi connectivity index (χ1n) is 14.0. The molecule has 0 saturated carbocycles. The van der Waals surface area contributed by atoms with Gasteiger partial charge in [0.2, 0.25) is 0 Å². The fraction of sp³-hybridized carbons (Fsp3) is 0.158. The lowest BCUT2D eigenvalue weighted by Crippen LogP contribution is -2.43. The van der Waals surface area contributed by atoms with E-state index in [9.17, 15) is 0 Å². The molecule has 1 aromatic heterocycles.